The van der Waals surface area contributed by atoms with Crippen LogP contribution in [0.2, 0.25) is 18.1 Å². The Kier molecular flexibility index (Phi) is 14.0. The van der Waals surface area contributed by atoms with Gasteiger partial charge in [-0.05, 0) is 55.9 Å². The Hall–Kier alpha value is -1.53. The molecule has 1 unspecified atom stereocenters. The predicted molar refractivity (Wildman–Crippen MR) is 149 cm³/mol. The summed E-state index contributed by atoms with van der Waals surface area (Å²) in [4.78, 5) is 11.5. The van der Waals surface area contributed by atoms with Gasteiger partial charge in [0.1, 0.15) is 11.5 Å². The molecule has 0 spiro atoms. The van der Waals surface area contributed by atoms with Crippen LogP contribution in [0.25, 0.3) is 0 Å². The Balaban J connectivity index is 2.78. The highest BCUT2D eigenvalue weighted by Gasteiger charge is 2.38. The predicted octanol–water partition coefficient (Wildman–Crippen LogP) is 8.65. The topological polar surface area (TPSA) is 65.0 Å². The fourth-order valence-corrected chi connectivity index (χ4v) is 5.64. The van der Waals surface area contributed by atoms with Crippen molar-refractivity contribution in [1.29, 1.82) is 0 Å². The zero-order valence-corrected chi connectivity index (χ0v) is 24.8. The Bertz CT molecular complexity index is 729. The van der Waals surface area contributed by atoms with Gasteiger partial charge in [-0.25, -0.2) is 4.79 Å². The molecule has 0 saturated carbocycles. The smallest absolute Gasteiger partial charge is 0.335 e. The minimum atomic E-state index is -1.86. The van der Waals surface area contributed by atoms with Gasteiger partial charge in [-0.2, -0.15) is 0 Å². The van der Waals surface area contributed by atoms with E-state index in [1.54, 1.807) is 26.4 Å². The molecule has 0 aromatic heterocycles. The van der Waals surface area contributed by atoms with Gasteiger partial charge < -0.3 is 19.0 Å². The molecule has 0 radical (unpaired) electrons. The number of carbonyl (C=O) groups is 1. The lowest BCUT2D eigenvalue weighted by atomic mass is 9.99. The normalized spacial score (nSPS) is 13.0. The van der Waals surface area contributed by atoms with E-state index in [1.807, 2.05) is 0 Å². The van der Waals surface area contributed by atoms with Crippen molar-refractivity contribution >= 4 is 14.3 Å². The average molecular weight is 509 g/mol. The van der Waals surface area contributed by atoms with Crippen LogP contribution in [-0.4, -0.2) is 39.7 Å². The number of methoxy groups -OCH3 is 2. The third-order valence-corrected chi connectivity index (χ3v) is 12.0. The zero-order valence-electron chi connectivity index (χ0n) is 23.8. The van der Waals surface area contributed by atoms with E-state index in [0.29, 0.717) is 11.5 Å². The quantitative estimate of drug-likeness (QED) is 0.159. The molecule has 6 heteroatoms. The van der Waals surface area contributed by atoms with E-state index >= 15 is 0 Å². The van der Waals surface area contributed by atoms with Crippen molar-refractivity contribution in [1.82, 2.24) is 0 Å². The van der Waals surface area contributed by atoms with Gasteiger partial charge in [-0.1, -0.05) is 79.1 Å². The number of rotatable bonds is 18. The molecule has 5 nitrogen and oxygen atoms in total. The van der Waals surface area contributed by atoms with E-state index in [1.165, 1.54) is 51.4 Å². The highest BCUT2D eigenvalue weighted by Crippen LogP contribution is 2.39. The molecule has 0 aliphatic rings. The number of carboxylic acid groups (broad SMARTS) is 1. The third-order valence-electron chi connectivity index (χ3n) is 7.45. The monoisotopic (exact) mass is 508 g/mol. The van der Waals surface area contributed by atoms with E-state index in [2.05, 4.69) is 40.8 Å². The summed E-state index contributed by atoms with van der Waals surface area (Å²) in [5.74, 6) is 0.166. The summed E-state index contributed by atoms with van der Waals surface area (Å²) in [6, 6.07) is 3.18. The lowest BCUT2D eigenvalue weighted by Crippen LogP contribution is -2.44. The highest BCUT2D eigenvalue weighted by atomic mass is 28.4. The van der Waals surface area contributed by atoms with Gasteiger partial charge in [0.05, 0.1) is 19.8 Å². The van der Waals surface area contributed by atoms with Crippen LogP contribution < -0.4 is 9.47 Å². The van der Waals surface area contributed by atoms with Gasteiger partial charge >= 0.3 is 5.97 Å². The molecule has 0 aliphatic heterocycles. The molecule has 0 amide bonds. The van der Waals surface area contributed by atoms with Gasteiger partial charge in [0.25, 0.3) is 0 Å². The van der Waals surface area contributed by atoms with Crippen LogP contribution in [0.1, 0.15) is 114 Å². The second-order valence-corrected chi connectivity index (χ2v) is 16.1. The lowest BCUT2D eigenvalue weighted by Gasteiger charge is -2.39. The second kappa shape index (κ2) is 15.6. The number of carboxylic acids is 1. The van der Waals surface area contributed by atoms with Crippen LogP contribution in [0.5, 0.6) is 11.5 Å². The average Bonchev–Trinajstić information content (AvgIpc) is 2.79. The van der Waals surface area contributed by atoms with Crippen LogP contribution in [-0.2, 0) is 10.8 Å². The Labute approximate surface area is 216 Å². The summed E-state index contributed by atoms with van der Waals surface area (Å²) in [6.45, 7) is 13.8. The maximum absolute atomic E-state index is 11.5. The minimum Gasteiger partial charge on any atom is -0.496 e. The summed E-state index contributed by atoms with van der Waals surface area (Å²) >= 11 is 0. The van der Waals surface area contributed by atoms with Crippen molar-refractivity contribution in [3.8, 4) is 11.5 Å². The van der Waals surface area contributed by atoms with Gasteiger partial charge in [0, 0.05) is 11.7 Å². The van der Waals surface area contributed by atoms with Gasteiger partial charge in [-0.3, -0.25) is 0 Å². The molecule has 1 aromatic rings. The fourth-order valence-electron chi connectivity index (χ4n) is 4.22. The molecular weight excluding hydrogens is 456 g/mol. The van der Waals surface area contributed by atoms with E-state index < -0.39 is 14.3 Å². The van der Waals surface area contributed by atoms with Gasteiger partial charge in [0.2, 0.25) is 0 Å². The molecular formula is C29H52O5Si. The van der Waals surface area contributed by atoms with Crippen LogP contribution in [0, 0.1) is 0 Å². The van der Waals surface area contributed by atoms with Gasteiger partial charge in [-0.15, -0.1) is 0 Å². The number of aromatic carboxylic acids is 1. The SMILES string of the molecule is CCCCCCCCCCC(CCCc1c(OC)cc(C(=O)O)cc1OC)O[Si](C)(C)C(C)(C)C. The van der Waals surface area contributed by atoms with Crippen LogP contribution in [0.3, 0.4) is 0 Å². The molecule has 202 valence electrons. The Morgan fingerprint density at radius 3 is 1.83 bits per heavy atom. The lowest BCUT2D eigenvalue weighted by molar-refractivity contribution is 0.0696. The number of hydrogen-bond donors (Lipinski definition) is 1. The van der Waals surface area contributed by atoms with Crippen molar-refractivity contribution in [2.24, 2.45) is 0 Å². The van der Waals surface area contributed by atoms with Crippen molar-refractivity contribution in [2.45, 2.75) is 129 Å². The van der Waals surface area contributed by atoms with E-state index in [9.17, 15) is 9.90 Å². The Morgan fingerprint density at radius 1 is 0.886 bits per heavy atom. The molecule has 35 heavy (non-hydrogen) atoms. The standard InChI is InChI=1S/C29H52O5Si/c1-9-10-11-12-13-14-15-16-18-24(34-35(7,8)29(2,3)4)19-17-20-25-26(32-5)21-23(28(30)31)22-27(25)33-6/h21-22,24H,9-20H2,1-8H3,(H,30,31). The van der Waals surface area contributed by atoms with Crippen molar-refractivity contribution in [3.63, 3.8) is 0 Å². The van der Waals surface area contributed by atoms with Crippen molar-refractivity contribution in [2.75, 3.05) is 14.2 Å². The molecule has 0 bridgehead atoms. The number of unbranched alkanes of at least 4 members (excludes halogenated alkanes) is 7. The summed E-state index contributed by atoms with van der Waals surface area (Å²) in [5.41, 5.74) is 1.11. The molecule has 0 heterocycles. The van der Waals surface area contributed by atoms with E-state index in [4.69, 9.17) is 13.9 Å². The first-order chi connectivity index (χ1) is 16.5. The number of ether oxygens (including phenoxy) is 2. The number of benzene rings is 1. The molecule has 1 atom stereocenters. The largest absolute Gasteiger partial charge is 0.496 e. The second-order valence-electron chi connectivity index (χ2n) is 11.3. The molecule has 0 saturated heterocycles. The van der Waals surface area contributed by atoms with Crippen molar-refractivity contribution < 1.29 is 23.8 Å². The minimum absolute atomic E-state index is 0.177. The Morgan fingerprint density at radius 2 is 1.37 bits per heavy atom. The van der Waals surface area contributed by atoms with Gasteiger partial charge in [0.15, 0.2) is 8.32 Å². The van der Waals surface area contributed by atoms with E-state index in [0.717, 1.165) is 31.2 Å². The first-order valence-corrected chi connectivity index (χ1v) is 16.5. The number of hydrogen-bond acceptors (Lipinski definition) is 4. The first-order valence-electron chi connectivity index (χ1n) is 13.6. The fraction of sp³-hybridized carbons (Fsp3) is 0.759. The maximum Gasteiger partial charge on any atom is 0.335 e. The zero-order chi connectivity index (χ0) is 26.5. The molecule has 0 aliphatic carbocycles. The summed E-state index contributed by atoms with van der Waals surface area (Å²) in [5, 5.41) is 9.57. The molecule has 1 rings (SSSR count). The summed E-state index contributed by atoms with van der Waals surface area (Å²) < 4.78 is 17.9. The van der Waals surface area contributed by atoms with E-state index in [-0.39, 0.29) is 16.7 Å². The van der Waals surface area contributed by atoms with Crippen LogP contribution in [0.15, 0.2) is 12.1 Å². The van der Waals surface area contributed by atoms with Crippen LogP contribution in [0.4, 0.5) is 0 Å². The maximum atomic E-state index is 11.5. The highest BCUT2D eigenvalue weighted by molar-refractivity contribution is 6.74. The molecule has 1 aromatic carbocycles. The molecule has 1 N–H and O–H groups in total. The summed E-state index contributed by atoms with van der Waals surface area (Å²) in [6.07, 6.45) is 14.6. The first kappa shape index (κ1) is 31.5. The van der Waals surface area contributed by atoms with Crippen molar-refractivity contribution in [3.05, 3.63) is 23.3 Å². The summed E-state index contributed by atoms with van der Waals surface area (Å²) in [7, 11) is 1.30. The third kappa shape index (κ3) is 10.9. The van der Waals surface area contributed by atoms with Crippen LogP contribution >= 0.6 is 0 Å². The molecule has 0 fully saturated rings.